The SMILES string of the molecule is COc1cccc(NC(=O)COc2ccc(C(=O)N3CCN(C4CCS(=O)(=O)C4)CC3)cc2)c1. The number of sulfone groups is 1. The van der Waals surface area contributed by atoms with Gasteiger partial charge in [-0.05, 0) is 42.8 Å². The Hall–Kier alpha value is -3.11. The Morgan fingerprint density at radius 1 is 1.03 bits per heavy atom. The lowest BCUT2D eigenvalue weighted by molar-refractivity contribution is -0.118. The van der Waals surface area contributed by atoms with Crippen molar-refractivity contribution >= 4 is 27.3 Å². The average Bonchev–Trinajstić information content (AvgIpc) is 3.22. The lowest BCUT2D eigenvalue weighted by Gasteiger charge is -2.37. The number of rotatable bonds is 7. The Morgan fingerprint density at radius 3 is 2.41 bits per heavy atom. The standard InChI is InChI=1S/C24H29N3O6S/c1-32-22-4-2-3-19(15-22)25-23(28)16-33-21-7-5-18(6-8-21)24(29)27-12-10-26(11-13-27)20-9-14-34(30,31)17-20/h2-8,15,20H,9-14,16-17H2,1H3,(H,25,28). The molecule has 0 aromatic heterocycles. The van der Waals surface area contributed by atoms with Crippen LogP contribution >= 0.6 is 0 Å². The number of carbonyl (C=O) groups is 2. The molecule has 1 N–H and O–H groups in total. The maximum atomic E-state index is 12.9. The summed E-state index contributed by atoms with van der Waals surface area (Å²) in [5.74, 6) is 1.24. The van der Waals surface area contributed by atoms with Crippen molar-refractivity contribution in [3.63, 3.8) is 0 Å². The lowest BCUT2D eigenvalue weighted by atomic mass is 10.1. The van der Waals surface area contributed by atoms with Gasteiger partial charge < -0.3 is 19.7 Å². The number of nitrogens with zero attached hydrogens (tertiary/aromatic N) is 2. The van der Waals surface area contributed by atoms with Crippen molar-refractivity contribution in [3.8, 4) is 11.5 Å². The first-order valence-corrected chi connectivity index (χ1v) is 13.1. The van der Waals surface area contributed by atoms with Crippen LogP contribution < -0.4 is 14.8 Å². The van der Waals surface area contributed by atoms with Crippen molar-refractivity contribution < 1.29 is 27.5 Å². The van der Waals surface area contributed by atoms with E-state index in [0.29, 0.717) is 55.3 Å². The molecule has 2 aromatic rings. The Balaban J connectivity index is 1.24. The average molecular weight is 488 g/mol. The monoisotopic (exact) mass is 487 g/mol. The molecule has 10 heteroatoms. The zero-order valence-corrected chi connectivity index (χ0v) is 19.9. The molecule has 0 spiro atoms. The van der Waals surface area contributed by atoms with Crippen molar-refractivity contribution in [1.82, 2.24) is 9.80 Å². The second-order valence-corrected chi connectivity index (χ2v) is 10.7. The van der Waals surface area contributed by atoms with Gasteiger partial charge in [0.2, 0.25) is 0 Å². The molecule has 2 amide bonds. The molecule has 4 rings (SSSR count). The Kier molecular flexibility index (Phi) is 7.38. The number of amides is 2. The molecule has 0 aliphatic carbocycles. The summed E-state index contributed by atoms with van der Waals surface area (Å²) < 4.78 is 34.1. The van der Waals surface area contributed by atoms with E-state index in [4.69, 9.17) is 9.47 Å². The maximum absolute atomic E-state index is 12.9. The van der Waals surface area contributed by atoms with Crippen LogP contribution in [0.25, 0.3) is 0 Å². The fourth-order valence-electron chi connectivity index (χ4n) is 4.28. The van der Waals surface area contributed by atoms with Gasteiger partial charge in [0.25, 0.3) is 11.8 Å². The highest BCUT2D eigenvalue weighted by atomic mass is 32.2. The fraction of sp³-hybridized carbons (Fsp3) is 0.417. The Morgan fingerprint density at radius 2 is 1.76 bits per heavy atom. The molecule has 1 unspecified atom stereocenters. The number of carbonyl (C=O) groups excluding carboxylic acids is 2. The highest BCUT2D eigenvalue weighted by Crippen LogP contribution is 2.21. The molecule has 2 heterocycles. The third-order valence-electron chi connectivity index (χ3n) is 6.15. The molecule has 2 saturated heterocycles. The molecule has 0 radical (unpaired) electrons. The Labute approximate surface area is 199 Å². The van der Waals surface area contributed by atoms with Crippen LogP contribution in [0.15, 0.2) is 48.5 Å². The van der Waals surface area contributed by atoms with Gasteiger partial charge in [0.15, 0.2) is 16.4 Å². The summed E-state index contributed by atoms with van der Waals surface area (Å²) >= 11 is 0. The summed E-state index contributed by atoms with van der Waals surface area (Å²) in [5.41, 5.74) is 1.16. The van der Waals surface area contributed by atoms with E-state index in [2.05, 4.69) is 10.2 Å². The molecule has 34 heavy (non-hydrogen) atoms. The van der Waals surface area contributed by atoms with Gasteiger partial charge in [-0.3, -0.25) is 14.5 Å². The van der Waals surface area contributed by atoms with Crippen molar-refractivity contribution in [2.45, 2.75) is 12.5 Å². The molecule has 2 fully saturated rings. The van der Waals surface area contributed by atoms with E-state index >= 15 is 0 Å². The van der Waals surface area contributed by atoms with E-state index in [1.165, 1.54) is 0 Å². The molecular formula is C24H29N3O6S. The highest BCUT2D eigenvalue weighted by molar-refractivity contribution is 7.91. The molecule has 2 aliphatic heterocycles. The number of nitrogens with one attached hydrogen (secondary N) is 1. The van der Waals surface area contributed by atoms with Crippen LogP contribution in [0.3, 0.4) is 0 Å². The van der Waals surface area contributed by atoms with E-state index in [0.717, 1.165) is 0 Å². The summed E-state index contributed by atoms with van der Waals surface area (Å²) in [5, 5.41) is 2.75. The second-order valence-electron chi connectivity index (χ2n) is 8.48. The number of ether oxygens (including phenoxy) is 2. The second kappa shape index (κ2) is 10.4. The van der Waals surface area contributed by atoms with Crippen molar-refractivity contribution in [2.75, 3.05) is 56.7 Å². The number of piperazine rings is 1. The molecule has 2 aliphatic rings. The summed E-state index contributed by atoms with van der Waals surface area (Å²) in [6.07, 6.45) is 0.676. The van der Waals surface area contributed by atoms with Gasteiger partial charge in [0.1, 0.15) is 11.5 Å². The van der Waals surface area contributed by atoms with Crippen LogP contribution in [-0.4, -0.2) is 87.5 Å². The largest absolute Gasteiger partial charge is 0.497 e. The highest BCUT2D eigenvalue weighted by Gasteiger charge is 2.34. The number of benzene rings is 2. The van der Waals surface area contributed by atoms with Gasteiger partial charge in [-0.1, -0.05) is 6.07 Å². The van der Waals surface area contributed by atoms with Crippen molar-refractivity contribution in [3.05, 3.63) is 54.1 Å². The van der Waals surface area contributed by atoms with E-state index in [-0.39, 0.29) is 36.0 Å². The van der Waals surface area contributed by atoms with E-state index in [1.54, 1.807) is 60.5 Å². The van der Waals surface area contributed by atoms with Gasteiger partial charge in [-0.2, -0.15) is 0 Å². The van der Waals surface area contributed by atoms with Gasteiger partial charge in [0, 0.05) is 49.5 Å². The normalized spacial score (nSPS) is 20.0. The van der Waals surface area contributed by atoms with E-state index in [1.807, 2.05) is 0 Å². The van der Waals surface area contributed by atoms with Gasteiger partial charge in [-0.15, -0.1) is 0 Å². The lowest BCUT2D eigenvalue weighted by Crippen LogP contribution is -2.52. The van der Waals surface area contributed by atoms with Crippen LogP contribution in [-0.2, 0) is 14.6 Å². The molecular weight excluding hydrogens is 458 g/mol. The van der Waals surface area contributed by atoms with Crippen LogP contribution in [0.1, 0.15) is 16.8 Å². The van der Waals surface area contributed by atoms with Gasteiger partial charge in [-0.25, -0.2) is 8.42 Å². The van der Waals surface area contributed by atoms with Crippen LogP contribution in [0.2, 0.25) is 0 Å². The summed E-state index contributed by atoms with van der Waals surface area (Å²) in [7, 11) is -1.36. The zero-order valence-electron chi connectivity index (χ0n) is 19.1. The minimum atomic E-state index is -2.92. The molecule has 9 nitrogen and oxygen atoms in total. The zero-order chi connectivity index (χ0) is 24.1. The minimum absolute atomic E-state index is 0.0685. The molecule has 1 atom stereocenters. The number of hydrogen-bond acceptors (Lipinski definition) is 7. The van der Waals surface area contributed by atoms with E-state index < -0.39 is 9.84 Å². The van der Waals surface area contributed by atoms with E-state index in [9.17, 15) is 18.0 Å². The summed E-state index contributed by atoms with van der Waals surface area (Å²) in [4.78, 5) is 29.0. The molecule has 0 bridgehead atoms. The third-order valence-corrected chi connectivity index (χ3v) is 7.90. The first-order chi connectivity index (χ1) is 16.3. The third kappa shape index (κ3) is 6.06. The van der Waals surface area contributed by atoms with Crippen LogP contribution in [0.5, 0.6) is 11.5 Å². The predicted octanol–water partition coefficient (Wildman–Crippen LogP) is 1.66. The quantitative estimate of drug-likeness (QED) is 0.633. The van der Waals surface area contributed by atoms with Crippen molar-refractivity contribution in [1.29, 1.82) is 0 Å². The predicted molar refractivity (Wildman–Crippen MR) is 128 cm³/mol. The van der Waals surface area contributed by atoms with Crippen LogP contribution in [0.4, 0.5) is 5.69 Å². The molecule has 0 saturated carbocycles. The number of methoxy groups -OCH3 is 1. The minimum Gasteiger partial charge on any atom is -0.497 e. The van der Waals surface area contributed by atoms with Crippen LogP contribution in [0, 0.1) is 0 Å². The fourth-order valence-corrected chi connectivity index (χ4v) is 6.04. The number of hydrogen-bond donors (Lipinski definition) is 1. The van der Waals surface area contributed by atoms with Gasteiger partial charge >= 0.3 is 0 Å². The topological polar surface area (TPSA) is 105 Å². The summed E-state index contributed by atoms with van der Waals surface area (Å²) in [6, 6.07) is 13.8. The first kappa shape index (κ1) is 24.0. The summed E-state index contributed by atoms with van der Waals surface area (Å²) in [6.45, 7) is 2.32. The Bertz CT molecular complexity index is 1130. The van der Waals surface area contributed by atoms with Crippen molar-refractivity contribution in [2.24, 2.45) is 0 Å². The molecule has 2 aromatic carbocycles. The maximum Gasteiger partial charge on any atom is 0.262 e. The number of anilines is 1. The first-order valence-electron chi connectivity index (χ1n) is 11.2. The molecule has 182 valence electrons. The van der Waals surface area contributed by atoms with Gasteiger partial charge in [0.05, 0.1) is 18.6 Å². The smallest absolute Gasteiger partial charge is 0.262 e.